The van der Waals surface area contributed by atoms with Crippen LogP contribution in [0.3, 0.4) is 0 Å². The van der Waals surface area contributed by atoms with Gasteiger partial charge in [0, 0.05) is 6.04 Å². The Hall–Kier alpha value is -1.95. The Morgan fingerprint density at radius 1 is 1.17 bits per heavy atom. The van der Waals surface area contributed by atoms with E-state index in [0.717, 1.165) is 0 Å². The lowest BCUT2D eigenvalue weighted by atomic mass is 10.1. The number of carbonyl (C=O) groups is 2. The molecule has 1 atom stereocenters. The van der Waals surface area contributed by atoms with Gasteiger partial charge in [0.25, 0.3) is 5.91 Å². The number of hydrogen-bond donors (Lipinski definition) is 1. The summed E-state index contributed by atoms with van der Waals surface area (Å²) in [6, 6.07) is 2.85. The molecule has 1 N–H and O–H groups in total. The second-order valence-corrected chi connectivity index (χ2v) is 5.78. The number of methoxy groups -OCH3 is 2. The molecule has 0 aliphatic rings. The molecule has 1 rings (SSSR count). The van der Waals surface area contributed by atoms with Crippen molar-refractivity contribution >= 4 is 23.5 Å². The van der Waals surface area contributed by atoms with Crippen molar-refractivity contribution in [2.45, 2.75) is 26.8 Å². The van der Waals surface area contributed by atoms with Gasteiger partial charge in [-0.05, 0) is 25.0 Å². The molecular formula is C16H22ClNO5. The second kappa shape index (κ2) is 8.62. The van der Waals surface area contributed by atoms with Gasteiger partial charge in [-0.25, -0.2) is 4.79 Å². The molecule has 1 aromatic carbocycles. The van der Waals surface area contributed by atoms with E-state index in [9.17, 15) is 9.59 Å². The predicted octanol–water partition coefficient (Wildman–Crippen LogP) is 2.67. The van der Waals surface area contributed by atoms with E-state index in [1.165, 1.54) is 26.4 Å². The van der Waals surface area contributed by atoms with Gasteiger partial charge in [0.05, 0.1) is 24.8 Å². The molecule has 1 unspecified atom stereocenters. The van der Waals surface area contributed by atoms with Crippen LogP contribution < -0.4 is 14.8 Å². The molecule has 0 saturated carbocycles. The monoisotopic (exact) mass is 343 g/mol. The van der Waals surface area contributed by atoms with E-state index in [4.69, 9.17) is 25.8 Å². The summed E-state index contributed by atoms with van der Waals surface area (Å²) in [6.07, 6.45) is 0. The van der Waals surface area contributed by atoms with Gasteiger partial charge in [-0.15, -0.1) is 0 Å². The Bertz CT molecular complexity index is 574. The summed E-state index contributed by atoms with van der Waals surface area (Å²) in [5, 5.41) is 2.97. The number of hydrogen-bond acceptors (Lipinski definition) is 5. The van der Waals surface area contributed by atoms with Crippen LogP contribution in [0.2, 0.25) is 5.02 Å². The largest absolute Gasteiger partial charge is 0.493 e. The quantitative estimate of drug-likeness (QED) is 0.770. The Morgan fingerprint density at radius 2 is 1.83 bits per heavy atom. The van der Waals surface area contributed by atoms with Crippen molar-refractivity contribution in [3.8, 4) is 11.5 Å². The first-order valence-corrected chi connectivity index (χ1v) is 7.56. The zero-order valence-electron chi connectivity index (χ0n) is 13.9. The highest BCUT2D eigenvalue weighted by atomic mass is 35.5. The fraction of sp³-hybridized carbons (Fsp3) is 0.500. The molecule has 0 spiro atoms. The van der Waals surface area contributed by atoms with Gasteiger partial charge < -0.3 is 19.5 Å². The average Bonchev–Trinajstić information content (AvgIpc) is 2.51. The Balaban J connectivity index is 2.72. The van der Waals surface area contributed by atoms with Crippen LogP contribution in [0.15, 0.2) is 12.1 Å². The van der Waals surface area contributed by atoms with E-state index in [-0.39, 0.29) is 29.1 Å². The molecule has 0 radical (unpaired) electrons. The predicted molar refractivity (Wildman–Crippen MR) is 87.3 cm³/mol. The number of halogens is 1. The lowest BCUT2D eigenvalue weighted by Crippen LogP contribution is -2.38. The highest BCUT2D eigenvalue weighted by molar-refractivity contribution is 6.32. The fourth-order valence-electron chi connectivity index (χ4n) is 1.71. The number of carbonyl (C=O) groups excluding carboxylic acids is 2. The Kier molecular flexibility index (Phi) is 7.16. The van der Waals surface area contributed by atoms with Crippen molar-refractivity contribution in [1.82, 2.24) is 5.32 Å². The fourth-order valence-corrected chi connectivity index (χ4v) is 2.00. The molecule has 0 saturated heterocycles. The van der Waals surface area contributed by atoms with Crippen molar-refractivity contribution in [2.24, 2.45) is 5.92 Å². The smallest absolute Gasteiger partial charge is 0.338 e. The minimum absolute atomic E-state index is 0.00303. The molecule has 0 aliphatic carbocycles. The number of esters is 1. The van der Waals surface area contributed by atoms with Gasteiger partial charge in [-0.2, -0.15) is 0 Å². The maximum Gasteiger partial charge on any atom is 0.338 e. The van der Waals surface area contributed by atoms with Crippen molar-refractivity contribution in [3.05, 3.63) is 22.7 Å². The second-order valence-electron chi connectivity index (χ2n) is 5.37. The van der Waals surface area contributed by atoms with Gasteiger partial charge in [-0.3, -0.25) is 4.79 Å². The van der Waals surface area contributed by atoms with Gasteiger partial charge in [0.2, 0.25) is 0 Å². The number of amides is 1. The van der Waals surface area contributed by atoms with Crippen LogP contribution in [0.25, 0.3) is 0 Å². The van der Waals surface area contributed by atoms with E-state index in [2.05, 4.69) is 5.32 Å². The van der Waals surface area contributed by atoms with Gasteiger partial charge in [0.1, 0.15) is 0 Å². The first-order valence-electron chi connectivity index (χ1n) is 7.18. The van der Waals surface area contributed by atoms with Crippen molar-refractivity contribution in [2.75, 3.05) is 20.8 Å². The molecule has 128 valence electrons. The molecule has 0 bridgehead atoms. The topological polar surface area (TPSA) is 73.9 Å². The molecule has 0 aliphatic heterocycles. The van der Waals surface area contributed by atoms with Crippen molar-refractivity contribution in [1.29, 1.82) is 0 Å². The molecule has 23 heavy (non-hydrogen) atoms. The lowest BCUT2D eigenvalue weighted by molar-refractivity contribution is -0.125. The summed E-state index contributed by atoms with van der Waals surface area (Å²) in [5.41, 5.74) is 0.178. The number of nitrogens with one attached hydrogen (secondary N) is 1. The van der Waals surface area contributed by atoms with Crippen molar-refractivity contribution in [3.63, 3.8) is 0 Å². The summed E-state index contributed by atoms with van der Waals surface area (Å²) in [4.78, 5) is 23.8. The molecule has 0 heterocycles. The van der Waals surface area contributed by atoms with Crippen LogP contribution in [0, 0.1) is 5.92 Å². The Morgan fingerprint density at radius 3 is 2.35 bits per heavy atom. The molecule has 0 aromatic heterocycles. The highest BCUT2D eigenvalue weighted by Crippen LogP contribution is 2.36. The maximum atomic E-state index is 12.0. The average molecular weight is 344 g/mol. The maximum absolute atomic E-state index is 12.0. The molecular weight excluding hydrogens is 322 g/mol. The van der Waals surface area contributed by atoms with E-state index in [1.54, 1.807) is 0 Å². The first-order chi connectivity index (χ1) is 10.8. The van der Waals surface area contributed by atoms with Crippen molar-refractivity contribution < 1.29 is 23.8 Å². The third kappa shape index (κ3) is 5.32. The van der Waals surface area contributed by atoms with Crippen LogP contribution in [0.4, 0.5) is 0 Å². The summed E-state index contributed by atoms with van der Waals surface area (Å²) in [5.74, 6) is -0.0929. The number of benzene rings is 1. The molecule has 1 aromatic rings. The first kappa shape index (κ1) is 19.1. The minimum Gasteiger partial charge on any atom is -0.493 e. The molecule has 1 amide bonds. The summed E-state index contributed by atoms with van der Waals surface area (Å²) in [6.45, 7) is 5.51. The molecule has 7 heteroatoms. The van der Waals surface area contributed by atoms with Gasteiger partial charge >= 0.3 is 5.97 Å². The number of rotatable bonds is 7. The van der Waals surface area contributed by atoms with E-state index >= 15 is 0 Å². The van der Waals surface area contributed by atoms with Crippen LogP contribution in [-0.2, 0) is 9.53 Å². The Labute approximate surface area is 141 Å². The summed E-state index contributed by atoms with van der Waals surface area (Å²) < 4.78 is 15.2. The van der Waals surface area contributed by atoms with Crippen LogP contribution in [0.1, 0.15) is 31.1 Å². The van der Waals surface area contributed by atoms with Gasteiger partial charge in [0.15, 0.2) is 18.1 Å². The minimum atomic E-state index is -0.666. The van der Waals surface area contributed by atoms with Crippen LogP contribution in [0.5, 0.6) is 11.5 Å². The normalized spacial score (nSPS) is 11.8. The molecule has 6 nitrogen and oxygen atoms in total. The van der Waals surface area contributed by atoms with Gasteiger partial charge in [-0.1, -0.05) is 25.4 Å². The standard InChI is InChI=1S/C16H22ClNO5/c1-9(2)10(3)18-14(19)8-23-16(20)11-6-12(17)15(22-5)13(7-11)21-4/h6-7,9-10H,8H2,1-5H3,(H,18,19). The lowest BCUT2D eigenvalue weighted by Gasteiger charge is -2.17. The zero-order valence-corrected chi connectivity index (χ0v) is 14.7. The van der Waals surface area contributed by atoms with Crippen LogP contribution >= 0.6 is 11.6 Å². The number of ether oxygens (including phenoxy) is 3. The summed E-state index contributed by atoms with van der Waals surface area (Å²) in [7, 11) is 2.88. The zero-order chi connectivity index (χ0) is 17.6. The summed E-state index contributed by atoms with van der Waals surface area (Å²) >= 11 is 6.03. The molecule has 0 fully saturated rings. The van der Waals surface area contributed by atoms with Crippen LogP contribution in [-0.4, -0.2) is 38.7 Å². The third-order valence-electron chi connectivity index (χ3n) is 3.39. The SMILES string of the molecule is COc1cc(C(=O)OCC(=O)NC(C)C(C)C)cc(Cl)c1OC. The highest BCUT2D eigenvalue weighted by Gasteiger charge is 2.18. The van der Waals surface area contributed by atoms with E-state index in [1.807, 2.05) is 20.8 Å². The third-order valence-corrected chi connectivity index (χ3v) is 3.67. The van der Waals surface area contributed by atoms with E-state index in [0.29, 0.717) is 17.4 Å². The van der Waals surface area contributed by atoms with E-state index < -0.39 is 5.97 Å².